The van der Waals surface area contributed by atoms with E-state index >= 15 is 0 Å². The minimum absolute atomic E-state index is 0.00234. The van der Waals surface area contributed by atoms with Crippen LogP contribution in [-0.2, 0) is 0 Å². The van der Waals surface area contributed by atoms with Crippen molar-refractivity contribution < 1.29 is 10.0 Å². The minimum atomic E-state index is -0.454. The van der Waals surface area contributed by atoms with Crippen molar-refractivity contribution in [2.24, 2.45) is 0 Å². The van der Waals surface area contributed by atoms with Crippen LogP contribution in [-0.4, -0.2) is 33.1 Å². The molecule has 7 heteroatoms. The summed E-state index contributed by atoms with van der Waals surface area (Å²) in [6.45, 7) is 2.19. The first-order chi connectivity index (χ1) is 9.60. The van der Waals surface area contributed by atoms with Crippen molar-refractivity contribution in [3.05, 3.63) is 46.1 Å². The molecule has 20 heavy (non-hydrogen) atoms. The smallest absolute Gasteiger partial charge is 0.270 e. The number of hydrogen-bond donors (Lipinski definition) is 2. The summed E-state index contributed by atoms with van der Waals surface area (Å²) in [5.74, 6) is 0.988. The molecule has 0 bridgehead atoms. The average molecular weight is 274 g/mol. The molecule has 1 aromatic heterocycles. The van der Waals surface area contributed by atoms with Gasteiger partial charge in [0.15, 0.2) is 5.82 Å². The van der Waals surface area contributed by atoms with Crippen LogP contribution >= 0.6 is 0 Å². The van der Waals surface area contributed by atoms with Crippen LogP contribution in [0.25, 0.3) is 11.4 Å². The normalized spacial score (nSPS) is 10.3. The van der Waals surface area contributed by atoms with Gasteiger partial charge in [-0.25, -0.2) is 9.97 Å². The lowest BCUT2D eigenvalue weighted by Crippen LogP contribution is -2.08. The van der Waals surface area contributed by atoms with Gasteiger partial charge in [-0.15, -0.1) is 0 Å². The zero-order chi connectivity index (χ0) is 14.5. The third kappa shape index (κ3) is 3.27. The molecule has 0 unspecified atom stereocenters. The van der Waals surface area contributed by atoms with E-state index in [1.54, 1.807) is 18.2 Å². The first kappa shape index (κ1) is 13.9. The number of nitrogens with zero attached hydrogens (tertiary/aromatic N) is 3. The standard InChI is InChI=1S/C13H14N4O3/c1-9-7-12(14-5-6-18)16-13(15-9)10-3-2-4-11(8-10)17(19)20/h2-4,7-8,18H,5-6H2,1H3,(H,14,15,16). The molecule has 0 saturated carbocycles. The Bertz CT molecular complexity index is 631. The van der Waals surface area contributed by atoms with Crippen LogP contribution in [0.4, 0.5) is 11.5 Å². The van der Waals surface area contributed by atoms with E-state index in [1.807, 2.05) is 6.92 Å². The third-order valence-corrected chi connectivity index (χ3v) is 2.59. The van der Waals surface area contributed by atoms with Crippen LogP contribution in [0.15, 0.2) is 30.3 Å². The van der Waals surface area contributed by atoms with Crippen LogP contribution in [0.3, 0.4) is 0 Å². The van der Waals surface area contributed by atoms with E-state index in [9.17, 15) is 10.1 Å². The molecule has 0 aliphatic carbocycles. The van der Waals surface area contributed by atoms with E-state index in [2.05, 4.69) is 15.3 Å². The fourth-order valence-electron chi connectivity index (χ4n) is 1.73. The Morgan fingerprint density at radius 2 is 2.15 bits per heavy atom. The zero-order valence-corrected chi connectivity index (χ0v) is 10.9. The van der Waals surface area contributed by atoms with E-state index in [0.717, 1.165) is 5.69 Å². The molecule has 1 heterocycles. The van der Waals surface area contributed by atoms with Crippen molar-refractivity contribution in [2.75, 3.05) is 18.5 Å². The van der Waals surface area contributed by atoms with Crippen LogP contribution in [0.2, 0.25) is 0 Å². The van der Waals surface area contributed by atoms with Crippen molar-refractivity contribution in [2.45, 2.75) is 6.92 Å². The van der Waals surface area contributed by atoms with Gasteiger partial charge in [0.05, 0.1) is 11.5 Å². The summed E-state index contributed by atoms with van der Waals surface area (Å²) in [4.78, 5) is 18.9. The monoisotopic (exact) mass is 274 g/mol. The van der Waals surface area contributed by atoms with Crippen molar-refractivity contribution in [1.82, 2.24) is 9.97 Å². The van der Waals surface area contributed by atoms with Gasteiger partial charge in [-0.1, -0.05) is 12.1 Å². The first-order valence-corrected chi connectivity index (χ1v) is 6.05. The van der Waals surface area contributed by atoms with Crippen LogP contribution in [0.5, 0.6) is 0 Å². The number of rotatable bonds is 5. The highest BCUT2D eigenvalue weighted by atomic mass is 16.6. The SMILES string of the molecule is Cc1cc(NCCO)nc(-c2cccc([N+](=O)[O-])c2)n1. The number of hydrogen-bond acceptors (Lipinski definition) is 6. The molecule has 0 amide bonds. The second kappa shape index (κ2) is 6.07. The molecular weight excluding hydrogens is 260 g/mol. The van der Waals surface area contributed by atoms with Gasteiger partial charge >= 0.3 is 0 Å². The summed E-state index contributed by atoms with van der Waals surface area (Å²) in [5, 5.41) is 22.5. The topological polar surface area (TPSA) is 101 Å². The lowest BCUT2D eigenvalue weighted by atomic mass is 10.2. The number of nitrogens with one attached hydrogen (secondary N) is 1. The summed E-state index contributed by atoms with van der Waals surface area (Å²) in [5.41, 5.74) is 1.31. The molecule has 2 N–H and O–H groups in total. The number of benzene rings is 1. The fraction of sp³-hybridized carbons (Fsp3) is 0.231. The molecule has 0 saturated heterocycles. The van der Waals surface area contributed by atoms with E-state index in [4.69, 9.17) is 5.11 Å². The number of nitro groups is 1. The lowest BCUT2D eigenvalue weighted by molar-refractivity contribution is -0.384. The average Bonchev–Trinajstić information content (AvgIpc) is 2.44. The maximum Gasteiger partial charge on any atom is 0.270 e. The van der Waals surface area contributed by atoms with Crippen molar-refractivity contribution in [3.8, 4) is 11.4 Å². The second-order valence-electron chi connectivity index (χ2n) is 4.18. The van der Waals surface area contributed by atoms with Crippen LogP contribution in [0, 0.1) is 17.0 Å². The number of nitro benzene ring substituents is 1. The number of anilines is 1. The van der Waals surface area contributed by atoms with E-state index in [1.165, 1.54) is 12.1 Å². The van der Waals surface area contributed by atoms with Gasteiger partial charge in [-0.3, -0.25) is 10.1 Å². The number of non-ortho nitro benzene ring substituents is 1. The Morgan fingerprint density at radius 1 is 1.35 bits per heavy atom. The van der Waals surface area contributed by atoms with Gasteiger partial charge in [-0.05, 0) is 6.92 Å². The fourth-order valence-corrected chi connectivity index (χ4v) is 1.73. The molecule has 0 spiro atoms. The molecule has 1 aromatic carbocycles. The molecule has 0 aliphatic heterocycles. The Labute approximate surface area is 115 Å². The quantitative estimate of drug-likeness (QED) is 0.636. The first-order valence-electron chi connectivity index (χ1n) is 6.05. The summed E-state index contributed by atoms with van der Waals surface area (Å²) in [6.07, 6.45) is 0. The van der Waals surface area contributed by atoms with Gasteiger partial charge in [0, 0.05) is 36.0 Å². The molecule has 0 fully saturated rings. The second-order valence-corrected chi connectivity index (χ2v) is 4.18. The maximum absolute atomic E-state index is 10.8. The third-order valence-electron chi connectivity index (χ3n) is 2.59. The predicted molar refractivity (Wildman–Crippen MR) is 74.4 cm³/mol. The lowest BCUT2D eigenvalue weighted by Gasteiger charge is -2.07. The van der Waals surface area contributed by atoms with Crippen molar-refractivity contribution in [1.29, 1.82) is 0 Å². The van der Waals surface area contributed by atoms with Crippen LogP contribution < -0.4 is 5.32 Å². The molecular formula is C13H14N4O3. The minimum Gasteiger partial charge on any atom is -0.395 e. The predicted octanol–water partition coefficient (Wildman–Crippen LogP) is 1.76. The molecule has 0 aliphatic rings. The van der Waals surface area contributed by atoms with E-state index in [-0.39, 0.29) is 12.3 Å². The summed E-state index contributed by atoms with van der Waals surface area (Å²) in [6, 6.07) is 7.92. The number of aliphatic hydroxyl groups is 1. The zero-order valence-electron chi connectivity index (χ0n) is 10.9. The molecule has 0 radical (unpaired) electrons. The van der Waals surface area contributed by atoms with E-state index < -0.39 is 4.92 Å². The van der Waals surface area contributed by atoms with Crippen molar-refractivity contribution >= 4 is 11.5 Å². The maximum atomic E-state index is 10.8. The summed E-state index contributed by atoms with van der Waals surface area (Å²) < 4.78 is 0. The van der Waals surface area contributed by atoms with Gasteiger partial charge in [0.25, 0.3) is 5.69 Å². The van der Waals surface area contributed by atoms with Gasteiger partial charge < -0.3 is 10.4 Å². The Balaban J connectivity index is 2.38. The number of aryl methyl sites for hydroxylation is 1. The largest absolute Gasteiger partial charge is 0.395 e. The van der Waals surface area contributed by atoms with Gasteiger partial charge in [0.2, 0.25) is 0 Å². The highest BCUT2D eigenvalue weighted by Crippen LogP contribution is 2.22. The highest BCUT2D eigenvalue weighted by molar-refractivity contribution is 5.61. The molecule has 104 valence electrons. The van der Waals surface area contributed by atoms with Crippen molar-refractivity contribution in [3.63, 3.8) is 0 Å². The number of aliphatic hydroxyl groups excluding tert-OH is 1. The van der Waals surface area contributed by atoms with Gasteiger partial charge in [-0.2, -0.15) is 0 Å². The van der Waals surface area contributed by atoms with Gasteiger partial charge in [0.1, 0.15) is 5.82 Å². The summed E-state index contributed by atoms with van der Waals surface area (Å²) >= 11 is 0. The Morgan fingerprint density at radius 3 is 2.85 bits per heavy atom. The van der Waals surface area contributed by atoms with Crippen LogP contribution in [0.1, 0.15) is 5.69 Å². The Kier molecular flexibility index (Phi) is 4.21. The number of aromatic nitrogens is 2. The Hall–Kier alpha value is -2.54. The van der Waals surface area contributed by atoms with E-state index in [0.29, 0.717) is 23.8 Å². The molecule has 7 nitrogen and oxygen atoms in total. The highest BCUT2D eigenvalue weighted by Gasteiger charge is 2.10. The summed E-state index contributed by atoms with van der Waals surface area (Å²) in [7, 11) is 0. The molecule has 0 atom stereocenters. The molecule has 2 rings (SSSR count). The molecule has 2 aromatic rings.